The van der Waals surface area contributed by atoms with Crippen LogP contribution >= 0.6 is 0 Å². The first-order valence-corrected chi connectivity index (χ1v) is 5.13. The van der Waals surface area contributed by atoms with E-state index in [9.17, 15) is 4.79 Å². The zero-order valence-corrected chi connectivity index (χ0v) is 9.37. The third-order valence-corrected chi connectivity index (χ3v) is 2.46. The Bertz CT molecular complexity index is 373. The van der Waals surface area contributed by atoms with Gasteiger partial charge in [0.15, 0.2) is 0 Å². The van der Waals surface area contributed by atoms with E-state index < -0.39 is 0 Å². The van der Waals surface area contributed by atoms with Gasteiger partial charge in [-0.25, -0.2) is 4.68 Å². The molecular weight excluding hydrogens is 178 g/mol. The van der Waals surface area contributed by atoms with Crippen LogP contribution < -0.4 is 11.3 Å². The Hall–Kier alpha value is -1.19. The summed E-state index contributed by atoms with van der Waals surface area (Å²) in [6.07, 6.45) is 0. The number of nitrogens with two attached hydrogens (primary N) is 1. The minimum Gasteiger partial charge on any atom is -0.393 e. The van der Waals surface area contributed by atoms with Crippen LogP contribution in [0.2, 0.25) is 0 Å². The Labute approximate surface area is 84.3 Å². The van der Waals surface area contributed by atoms with Gasteiger partial charge in [0.2, 0.25) is 0 Å². The van der Waals surface area contributed by atoms with Gasteiger partial charge < -0.3 is 5.73 Å². The third-order valence-electron chi connectivity index (χ3n) is 2.46. The zero-order valence-electron chi connectivity index (χ0n) is 9.37. The molecule has 80 valence electrons. The van der Waals surface area contributed by atoms with Crippen LogP contribution in [0.5, 0.6) is 0 Å². The molecule has 0 fully saturated rings. The highest BCUT2D eigenvalue weighted by atomic mass is 16.1. The smallest absolute Gasteiger partial charge is 0.290 e. The Morgan fingerprint density at radius 1 is 1.21 bits per heavy atom. The van der Waals surface area contributed by atoms with Crippen LogP contribution in [0.15, 0.2) is 4.79 Å². The molecule has 0 saturated carbocycles. The number of aromatic nitrogens is 2. The molecule has 14 heavy (non-hydrogen) atoms. The second-order valence-corrected chi connectivity index (χ2v) is 3.69. The number of nitrogen functional groups attached to an aromatic ring is 1. The molecule has 0 aliphatic carbocycles. The molecule has 0 aliphatic heterocycles. The SMILES string of the molecule is CCn1c(C(C)C)c(N)c(=O)n1CC. The fourth-order valence-corrected chi connectivity index (χ4v) is 1.89. The molecule has 1 rings (SSSR count). The van der Waals surface area contributed by atoms with Crippen molar-refractivity contribution in [2.45, 2.75) is 46.7 Å². The highest BCUT2D eigenvalue weighted by Crippen LogP contribution is 2.19. The molecule has 4 heteroatoms. The van der Waals surface area contributed by atoms with Crippen molar-refractivity contribution >= 4 is 5.69 Å². The lowest BCUT2D eigenvalue weighted by Crippen LogP contribution is -2.22. The standard InChI is InChI=1S/C10H19N3O/c1-5-12-9(7(3)4)8(11)10(14)13(12)6-2/h7H,5-6,11H2,1-4H3. The maximum absolute atomic E-state index is 11.7. The molecular formula is C10H19N3O. The van der Waals surface area contributed by atoms with Crippen LogP contribution in [0, 0.1) is 0 Å². The number of hydrogen-bond donors (Lipinski definition) is 1. The molecule has 0 aromatic carbocycles. The molecule has 0 saturated heterocycles. The zero-order chi connectivity index (χ0) is 10.9. The highest BCUT2D eigenvalue weighted by molar-refractivity contribution is 5.43. The molecule has 0 radical (unpaired) electrons. The van der Waals surface area contributed by atoms with Gasteiger partial charge in [0.1, 0.15) is 5.69 Å². The molecule has 0 bridgehead atoms. The molecule has 0 amide bonds. The van der Waals surface area contributed by atoms with Crippen LogP contribution in [0.3, 0.4) is 0 Å². The molecule has 0 atom stereocenters. The second-order valence-electron chi connectivity index (χ2n) is 3.69. The van der Waals surface area contributed by atoms with Crippen molar-refractivity contribution in [1.82, 2.24) is 9.36 Å². The first kappa shape index (κ1) is 10.9. The quantitative estimate of drug-likeness (QED) is 0.796. The van der Waals surface area contributed by atoms with E-state index >= 15 is 0 Å². The third kappa shape index (κ3) is 1.45. The predicted molar refractivity (Wildman–Crippen MR) is 58.5 cm³/mol. The fraction of sp³-hybridized carbons (Fsp3) is 0.700. The van der Waals surface area contributed by atoms with E-state index in [4.69, 9.17) is 5.73 Å². The fourth-order valence-electron chi connectivity index (χ4n) is 1.89. The van der Waals surface area contributed by atoms with E-state index in [2.05, 4.69) is 13.8 Å². The normalized spacial score (nSPS) is 11.2. The Kier molecular flexibility index (Phi) is 3.03. The van der Waals surface area contributed by atoms with E-state index in [1.807, 2.05) is 18.5 Å². The molecule has 0 aliphatic rings. The van der Waals surface area contributed by atoms with Gasteiger partial charge in [-0.1, -0.05) is 13.8 Å². The molecule has 1 aromatic rings. The Balaban J connectivity index is 3.49. The highest BCUT2D eigenvalue weighted by Gasteiger charge is 2.17. The van der Waals surface area contributed by atoms with Crippen molar-refractivity contribution in [2.75, 3.05) is 5.73 Å². The van der Waals surface area contributed by atoms with Crippen molar-refractivity contribution < 1.29 is 0 Å². The summed E-state index contributed by atoms with van der Waals surface area (Å²) in [5.74, 6) is 0.287. The molecule has 1 aromatic heterocycles. The van der Waals surface area contributed by atoms with E-state index in [1.54, 1.807) is 4.68 Å². The summed E-state index contributed by atoms with van der Waals surface area (Å²) >= 11 is 0. The topological polar surface area (TPSA) is 52.9 Å². The van der Waals surface area contributed by atoms with Crippen molar-refractivity contribution in [2.24, 2.45) is 0 Å². The van der Waals surface area contributed by atoms with Gasteiger partial charge in [-0.05, 0) is 19.8 Å². The molecule has 1 heterocycles. The van der Waals surface area contributed by atoms with Gasteiger partial charge in [0.25, 0.3) is 5.56 Å². The number of hydrogen-bond acceptors (Lipinski definition) is 2. The first-order chi connectivity index (χ1) is 6.54. The van der Waals surface area contributed by atoms with Crippen LogP contribution in [-0.4, -0.2) is 9.36 Å². The van der Waals surface area contributed by atoms with Crippen LogP contribution in [0.1, 0.15) is 39.3 Å². The number of rotatable bonds is 3. The van der Waals surface area contributed by atoms with Gasteiger partial charge in [0, 0.05) is 13.1 Å². The average Bonchev–Trinajstić information content (AvgIpc) is 2.39. The van der Waals surface area contributed by atoms with E-state index in [0.29, 0.717) is 12.2 Å². The molecule has 2 N–H and O–H groups in total. The predicted octanol–water partition coefficient (Wildman–Crippen LogP) is 1.40. The average molecular weight is 197 g/mol. The number of anilines is 1. The van der Waals surface area contributed by atoms with E-state index in [0.717, 1.165) is 12.2 Å². The maximum atomic E-state index is 11.7. The summed E-state index contributed by atoms with van der Waals surface area (Å²) in [5.41, 5.74) is 7.11. The van der Waals surface area contributed by atoms with Gasteiger partial charge in [-0.15, -0.1) is 0 Å². The summed E-state index contributed by atoms with van der Waals surface area (Å²) in [7, 11) is 0. The monoisotopic (exact) mass is 197 g/mol. The largest absolute Gasteiger partial charge is 0.393 e. The minimum absolute atomic E-state index is 0.0574. The summed E-state index contributed by atoms with van der Waals surface area (Å²) in [6.45, 7) is 9.54. The molecule has 4 nitrogen and oxygen atoms in total. The van der Waals surface area contributed by atoms with Crippen molar-refractivity contribution in [3.63, 3.8) is 0 Å². The van der Waals surface area contributed by atoms with Gasteiger partial charge >= 0.3 is 0 Å². The van der Waals surface area contributed by atoms with Gasteiger partial charge in [0.05, 0.1) is 5.69 Å². The van der Waals surface area contributed by atoms with Crippen molar-refractivity contribution in [3.05, 3.63) is 16.0 Å². The van der Waals surface area contributed by atoms with Crippen molar-refractivity contribution in [3.8, 4) is 0 Å². The van der Waals surface area contributed by atoms with Crippen LogP contribution in [0.25, 0.3) is 0 Å². The minimum atomic E-state index is -0.0574. The summed E-state index contributed by atoms with van der Waals surface area (Å²) in [6, 6.07) is 0. The van der Waals surface area contributed by atoms with Gasteiger partial charge in [-0.2, -0.15) is 0 Å². The Morgan fingerprint density at radius 3 is 2.07 bits per heavy atom. The summed E-state index contributed by atoms with van der Waals surface area (Å²) in [4.78, 5) is 11.7. The van der Waals surface area contributed by atoms with Crippen LogP contribution in [0.4, 0.5) is 5.69 Å². The lowest BCUT2D eigenvalue weighted by molar-refractivity contribution is 0.454. The van der Waals surface area contributed by atoms with E-state index in [1.165, 1.54) is 0 Å². The van der Waals surface area contributed by atoms with Crippen LogP contribution in [-0.2, 0) is 13.1 Å². The Morgan fingerprint density at radius 2 is 1.71 bits per heavy atom. The maximum Gasteiger partial charge on any atom is 0.290 e. The number of nitrogens with zero attached hydrogens (tertiary/aromatic N) is 2. The van der Waals surface area contributed by atoms with Crippen molar-refractivity contribution in [1.29, 1.82) is 0 Å². The van der Waals surface area contributed by atoms with Gasteiger partial charge in [-0.3, -0.25) is 9.48 Å². The first-order valence-electron chi connectivity index (χ1n) is 5.13. The summed E-state index contributed by atoms with van der Waals surface area (Å²) in [5, 5.41) is 0. The lowest BCUT2D eigenvalue weighted by atomic mass is 10.1. The van der Waals surface area contributed by atoms with E-state index in [-0.39, 0.29) is 11.5 Å². The molecule has 0 unspecified atom stereocenters. The second kappa shape index (κ2) is 3.90. The lowest BCUT2D eigenvalue weighted by Gasteiger charge is -2.13. The molecule has 0 spiro atoms. The summed E-state index contributed by atoms with van der Waals surface area (Å²) < 4.78 is 3.67.